The van der Waals surface area contributed by atoms with Gasteiger partial charge in [-0.1, -0.05) is 12.2 Å². The van der Waals surface area contributed by atoms with Crippen molar-refractivity contribution in [3.05, 3.63) is 29.7 Å². The first-order chi connectivity index (χ1) is 12.6. The number of hydrogen-bond donors (Lipinski definition) is 1. The number of rotatable bonds is 3. The number of aromatic nitrogens is 2. The van der Waals surface area contributed by atoms with E-state index in [9.17, 15) is 14.4 Å². The minimum Gasteiger partial charge on any atom is -0.349 e. The third-order valence-electron chi connectivity index (χ3n) is 4.93. The zero-order valence-electron chi connectivity index (χ0n) is 14.3. The summed E-state index contributed by atoms with van der Waals surface area (Å²) < 4.78 is 0. The van der Waals surface area contributed by atoms with E-state index in [2.05, 4.69) is 32.3 Å². The maximum absolute atomic E-state index is 12.6. The summed E-state index contributed by atoms with van der Waals surface area (Å²) in [7, 11) is 0. The van der Waals surface area contributed by atoms with Crippen LogP contribution in [0.2, 0.25) is 0 Å². The molecule has 4 heterocycles. The second-order valence-electron chi connectivity index (χ2n) is 6.59. The lowest BCUT2D eigenvalue weighted by Gasteiger charge is -2.23. The van der Waals surface area contributed by atoms with Gasteiger partial charge in [0.15, 0.2) is 0 Å². The van der Waals surface area contributed by atoms with E-state index in [-0.39, 0.29) is 24.9 Å². The SMILES string of the molecule is O=C1CN(CC(=O)N2CCc3ncnc(N4CC=CC4)c3CC2)C(=O)N1. The van der Waals surface area contributed by atoms with Gasteiger partial charge in [0.25, 0.3) is 0 Å². The van der Waals surface area contributed by atoms with Crippen molar-refractivity contribution in [2.45, 2.75) is 12.8 Å². The number of carbonyl (C=O) groups is 3. The van der Waals surface area contributed by atoms with Gasteiger partial charge in [0, 0.05) is 38.2 Å². The van der Waals surface area contributed by atoms with Crippen molar-refractivity contribution in [2.75, 3.05) is 44.2 Å². The molecule has 1 aromatic heterocycles. The molecule has 136 valence electrons. The van der Waals surface area contributed by atoms with Crippen LogP contribution in [0, 0.1) is 0 Å². The van der Waals surface area contributed by atoms with Crippen LogP contribution in [0.3, 0.4) is 0 Å². The largest absolute Gasteiger partial charge is 0.349 e. The number of anilines is 1. The molecule has 0 unspecified atom stereocenters. The summed E-state index contributed by atoms with van der Waals surface area (Å²) in [5, 5.41) is 2.19. The average molecular weight is 356 g/mol. The Labute approximate surface area is 150 Å². The standard InChI is InChI=1S/C17H20N6O3/c24-14-9-23(17(26)20-14)10-15(25)21-7-3-12-13(4-8-21)18-11-19-16(12)22-5-1-2-6-22/h1-2,11H,3-10H2,(H,20,24,26). The Morgan fingerprint density at radius 1 is 1.12 bits per heavy atom. The van der Waals surface area contributed by atoms with Crippen LogP contribution in [0.15, 0.2) is 18.5 Å². The second-order valence-corrected chi connectivity index (χ2v) is 6.59. The summed E-state index contributed by atoms with van der Waals surface area (Å²) in [5.74, 6) is 0.420. The van der Waals surface area contributed by atoms with Crippen molar-refractivity contribution in [2.24, 2.45) is 0 Å². The van der Waals surface area contributed by atoms with Gasteiger partial charge in [0.2, 0.25) is 11.8 Å². The number of urea groups is 1. The maximum Gasteiger partial charge on any atom is 0.325 e. The number of nitrogens with one attached hydrogen (secondary N) is 1. The fourth-order valence-corrected chi connectivity index (χ4v) is 3.56. The van der Waals surface area contributed by atoms with Crippen molar-refractivity contribution in [1.29, 1.82) is 0 Å². The Balaban J connectivity index is 1.44. The maximum atomic E-state index is 12.6. The first kappa shape index (κ1) is 16.5. The van der Waals surface area contributed by atoms with Crippen LogP contribution in [0.4, 0.5) is 10.6 Å². The molecule has 1 fully saturated rings. The van der Waals surface area contributed by atoms with Crippen molar-refractivity contribution < 1.29 is 14.4 Å². The van der Waals surface area contributed by atoms with Crippen LogP contribution in [0.25, 0.3) is 0 Å². The zero-order chi connectivity index (χ0) is 18.1. The number of amides is 4. The van der Waals surface area contributed by atoms with Gasteiger partial charge < -0.3 is 14.7 Å². The number of imide groups is 1. The lowest BCUT2D eigenvalue weighted by molar-refractivity contribution is -0.131. The molecule has 1 saturated heterocycles. The summed E-state index contributed by atoms with van der Waals surface area (Å²) >= 11 is 0. The number of hydrogen-bond acceptors (Lipinski definition) is 6. The molecule has 9 nitrogen and oxygen atoms in total. The van der Waals surface area contributed by atoms with E-state index in [0.717, 1.165) is 30.2 Å². The van der Waals surface area contributed by atoms with Gasteiger partial charge in [-0.2, -0.15) is 0 Å². The van der Waals surface area contributed by atoms with Gasteiger partial charge in [-0.3, -0.25) is 14.9 Å². The highest BCUT2D eigenvalue weighted by molar-refractivity contribution is 6.03. The molecule has 0 radical (unpaired) electrons. The van der Waals surface area contributed by atoms with Gasteiger partial charge in [0.1, 0.15) is 25.2 Å². The minimum absolute atomic E-state index is 0.0593. The molecule has 3 aliphatic heterocycles. The molecule has 0 spiro atoms. The fourth-order valence-electron chi connectivity index (χ4n) is 3.56. The van der Waals surface area contributed by atoms with Crippen molar-refractivity contribution in [1.82, 2.24) is 25.1 Å². The Kier molecular flexibility index (Phi) is 4.27. The van der Waals surface area contributed by atoms with Gasteiger partial charge >= 0.3 is 6.03 Å². The normalized spacial score (nSPS) is 19.6. The smallest absolute Gasteiger partial charge is 0.325 e. The zero-order valence-corrected chi connectivity index (χ0v) is 14.3. The van der Waals surface area contributed by atoms with Crippen LogP contribution >= 0.6 is 0 Å². The predicted octanol–water partition coefficient (Wildman–Crippen LogP) is -0.668. The average Bonchev–Trinajstić information content (AvgIpc) is 3.19. The summed E-state index contributed by atoms with van der Waals surface area (Å²) in [4.78, 5) is 49.5. The highest BCUT2D eigenvalue weighted by Crippen LogP contribution is 2.25. The van der Waals surface area contributed by atoms with E-state index >= 15 is 0 Å². The monoisotopic (exact) mass is 356 g/mol. The van der Waals surface area contributed by atoms with Crippen LogP contribution in [0.5, 0.6) is 0 Å². The molecule has 0 bridgehead atoms. The molecule has 4 rings (SSSR count). The van der Waals surface area contributed by atoms with Crippen LogP contribution in [-0.2, 0) is 22.4 Å². The molecule has 0 aromatic carbocycles. The van der Waals surface area contributed by atoms with Crippen LogP contribution in [-0.4, -0.2) is 76.9 Å². The van der Waals surface area contributed by atoms with E-state index in [4.69, 9.17) is 0 Å². The molecule has 9 heteroatoms. The van der Waals surface area contributed by atoms with Gasteiger partial charge in [-0.15, -0.1) is 0 Å². The number of fused-ring (bicyclic) bond motifs is 1. The molecular weight excluding hydrogens is 336 g/mol. The van der Waals surface area contributed by atoms with E-state index in [1.807, 2.05) is 0 Å². The Morgan fingerprint density at radius 2 is 1.88 bits per heavy atom. The molecule has 1 aromatic rings. The molecule has 0 aliphatic carbocycles. The van der Waals surface area contributed by atoms with Crippen LogP contribution < -0.4 is 10.2 Å². The Bertz CT molecular complexity index is 785. The first-order valence-electron chi connectivity index (χ1n) is 8.71. The summed E-state index contributed by atoms with van der Waals surface area (Å²) in [6.45, 7) is 2.63. The van der Waals surface area contributed by atoms with E-state index in [0.29, 0.717) is 25.9 Å². The van der Waals surface area contributed by atoms with Crippen molar-refractivity contribution in [3.63, 3.8) is 0 Å². The minimum atomic E-state index is -0.504. The quantitative estimate of drug-likeness (QED) is 0.570. The van der Waals surface area contributed by atoms with E-state index < -0.39 is 6.03 Å². The van der Waals surface area contributed by atoms with Crippen molar-refractivity contribution in [3.8, 4) is 0 Å². The summed E-state index contributed by atoms with van der Waals surface area (Å²) in [6.07, 6.45) is 7.15. The Morgan fingerprint density at radius 3 is 2.62 bits per heavy atom. The summed E-state index contributed by atoms with van der Waals surface area (Å²) in [5.41, 5.74) is 2.08. The lowest BCUT2D eigenvalue weighted by Crippen LogP contribution is -2.42. The summed E-state index contributed by atoms with van der Waals surface area (Å²) in [6, 6.07) is -0.504. The highest BCUT2D eigenvalue weighted by atomic mass is 16.2. The first-order valence-corrected chi connectivity index (χ1v) is 8.71. The van der Waals surface area contributed by atoms with Gasteiger partial charge in [-0.25, -0.2) is 14.8 Å². The molecule has 26 heavy (non-hydrogen) atoms. The van der Waals surface area contributed by atoms with E-state index in [1.54, 1.807) is 11.2 Å². The Hall–Kier alpha value is -2.97. The van der Waals surface area contributed by atoms with E-state index in [1.165, 1.54) is 4.90 Å². The highest BCUT2D eigenvalue weighted by Gasteiger charge is 2.31. The second kappa shape index (κ2) is 6.74. The molecular formula is C17H20N6O3. The third-order valence-corrected chi connectivity index (χ3v) is 4.93. The molecule has 3 aliphatic rings. The van der Waals surface area contributed by atoms with Crippen molar-refractivity contribution >= 4 is 23.7 Å². The van der Waals surface area contributed by atoms with Gasteiger partial charge in [-0.05, 0) is 6.42 Å². The lowest BCUT2D eigenvalue weighted by atomic mass is 10.1. The topological polar surface area (TPSA) is 98.7 Å². The fraction of sp³-hybridized carbons (Fsp3) is 0.471. The molecule has 0 atom stereocenters. The molecule has 1 N–H and O–H groups in total. The molecule has 4 amide bonds. The third kappa shape index (κ3) is 3.12. The predicted molar refractivity (Wildman–Crippen MR) is 92.5 cm³/mol. The van der Waals surface area contributed by atoms with Gasteiger partial charge in [0.05, 0.1) is 5.69 Å². The van der Waals surface area contributed by atoms with Crippen LogP contribution in [0.1, 0.15) is 11.3 Å². The number of carbonyl (C=O) groups excluding carboxylic acids is 3. The number of nitrogens with zero attached hydrogens (tertiary/aromatic N) is 5. The molecule has 0 saturated carbocycles.